The van der Waals surface area contributed by atoms with E-state index < -0.39 is 18.0 Å². The van der Waals surface area contributed by atoms with E-state index in [0.717, 1.165) is 0 Å². The second kappa shape index (κ2) is 8.73. The lowest BCUT2D eigenvalue weighted by atomic mass is 10.0. The summed E-state index contributed by atoms with van der Waals surface area (Å²) in [6.45, 7) is -0.326. The van der Waals surface area contributed by atoms with Crippen LogP contribution in [0.15, 0.2) is 60.7 Å². The van der Waals surface area contributed by atoms with Crippen LogP contribution in [0.3, 0.4) is 0 Å². The van der Waals surface area contributed by atoms with Crippen molar-refractivity contribution in [2.45, 2.75) is 6.17 Å². The molecular formula is C26H22N4O6. The van der Waals surface area contributed by atoms with Crippen LogP contribution >= 0.6 is 0 Å². The number of methoxy groups -OCH3 is 2. The predicted molar refractivity (Wildman–Crippen MR) is 130 cm³/mol. The molecule has 0 spiro atoms. The number of para-hydroxylation sites is 1. The molecule has 2 heterocycles. The van der Waals surface area contributed by atoms with Gasteiger partial charge in [-0.05, 0) is 42.5 Å². The summed E-state index contributed by atoms with van der Waals surface area (Å²) in [5.41, 5.74) is 7.56. The molecule has 36 heavy (non-hydrogen) atoms. The smallest absolute Gasteiger partial charge is 0.264 e. The second-order valence-corrected chi connectivity index (χ2v) is 8.25. The van der Waals surface area contributed by atoms with Crippen LogP contribution in [0.5, 0.6) is 11.5 Å². The fraction of sp³-hybridized carbons (Fsp3) is 0.154. The molecule has 0 fully saturated rings. The maximum absolute atomic E-state index is 13.7. The Morgan fingerprint density at radius 2 is 1.67 bits per heavy atom. The van der Waals surface area contributed by atoms with E-state index in [1.54, 1.807) is 48.5 Å². The van der Waals surface area contributed by atoms with E-state index in [9.17, 15) is 19.2 Å². The first kappa shape index (κ1) is 22.9. The van der Waals surface area contributed by atoms with Crippen molar-refractivity contribution in [2.24, 2.45) is 5.73 Å². The number of anilines is 2. The summed E-state index contributed by atoms with van der Waals surface area (Å²) < 4.78 is 10.9. The minimum Gasteiger partial charge on any atom is -0.493 e. The lowest BCUT2D eigenvalue weighted by molar-refractivity contribution is -0.117. The van der Waals surface area contributed by atoms with Gasteiger partial charge < -0.3 is 25.4 Å². The summed E-state index contributed by atoms with van der Waals surface area (Å²) in [6.07, 6.45) is -0.849. The lowest BCUT2D eigenvalue weighted by Crippen LogP contribution is -2.50. The van der Waals surface area contributed by atoms with Gasteiger partial charge in [-0.15, -0.1) is 0 Å². The summed E-state index contributed by atoms with van der Waals surface area (Å²) in [5.74, 6) is -1.16. The van der Waals surface area contributed by atoms with Gasteiger partial charge in [0.25, 0.3) is 11.8 Å². The summed E-state index contributed by atoms with van der Waals surface area (Å²) in [4.78, 5) is 54.4. The number of carbonyl (C=O) groups is 4. The first-order chi connectivity index (χ1) is 17.3. The van der Waals surface area contributed by atoms with Crippen LogP contribution in [0, 0.1) is 0 Å². The van der Waals surface area contributed by atoms with Crippen molar-refractivity contribution >= 4 is 35.0 Å². The topological polar surface area (TPSA) is 131 Å². The zero-order valence-electron chi connectivity index (χ0n) is 19.5. The third-order valence-electron chi connectivity index (χ3n) is 6.25. The fourth-order valence-corrected chi connectivity index (χ4v) is 4.66. The lowest BCUT2D eigenvalue weighted by Gasteiger charge is -2.40. The van der Waals surface area contributed by atoms with E-state index in [1.807, 2.05) is 0 Å². The Hall–Kier alpha value is -4.86. The number of nitrogens with zero attached hydrogens (tertiary/aromatic N) is 2. The molecule has 3 aromatic carbocycles. The average Bonchev–Trinajstić information content (AvgIpc) is 3.18. The van der Waals surface area contributed by atoms with Gasteiger partial charge in [-0.25, -0.2) is 0 Å². The van der Waals surface area contributed by atoms with E-state index in [0.29, 0.717) is 33.8 Å². The van der Waals surface area contributed by atoms with Gasteiger partial charge in [0.15, 0.2) is 11.5 Å². The van der Waals surface area contributed by atoms with Crippen LogP contribution in [0.25, 0.3) is 0 Å². The summed E-state index contributed by atoms with van der Waals surface area (Å²) in [6, 6.07) is 16.2. The van der Waals surface area contributed by atoms with Crippen molar-refractivity contribution in [2.75, 3.05) is 31.0 Å². The normalized spacial score (nSPS) is 15.7. The number of nitrogens with two attached hydrogens (primary N) is 1. The molecule has 3 aromatic rings. The molecule has 182 valence electrons. The van der Waals surface area contributed by atoms with Crippen LogP contribution in [-0.4, -0.2) is 49.3 Å². The highest BCUT2D eigenvalue weighted by Crippen LogP contribution is 2.49. The molecule has 2 aliphatic rings. The van der Waals surface area contributed by atoms with Crippen LogP contribution < -0.4 is 25.4 Å². The molecule has 10 nitrogen and oxygen atoms in total. The van der Waals surface area contributed by atoms with Gasteiger partial charge in [0.1, 0.15) is 12.7 Å². The predicted octanol–water partition coefficient (Wildman–Crippen LogP) is 2.56. The largest absolute Gasteiger partial charge is 0.493 e. The number of nitrogens with one attached hydrogen (secondary N) is 1. The van der Waals surface area contributed by atoms with Crippen molar-refractivity contribution in [3.8, 4) is 11.5 Å². The van der Waals surface area contributed by atoms with Crippen molar-refractivity contribution in [3.05, 3.63) is 82.9 Å². The molecule has 3 N–H and O–H groups in total. The van der Waals surface area contributed by atoms with Crippen molar-refractivity contribution < 1.29 is 28.7 Å². The molecule has 2 aliphatic heterocycles. The number of carbonyl (C=O) groups excluding carboxylic acids is 4. The highest BCUT2D eigenvalue weighted by atomic mass is 16.5. The van der Waals surface area contributed by atoms with Crippen LogP contribution in [0.2, 0.25) is 0 Å². The highest BCUT2D eigenvalue weighted by Gasteiger charge is 2.50. The first-order valence-corrected chi connectivity index (χ1v) is 11.0. The maximum Gasteiger partial charge on any atom is 0.264 e. The van der Waals surface area contributed by atoms with Crippen LogP contribution in [0.1, 0.15) is 42.8 Å². The quantitative estimate of drug-likeness (QED) is 0.551. The number of benzene rings is 3. The third-order valence-corrected chi connectivity index (χ3v) is 6.25. The molecule has 5 rings (SSSR count). The SMILES string of the molecule is COc1ccc2c(c1OC)C(=O)N1c3ccccc3C(=O)N(CC(=O)Nc3ccc(C(N)=O)cc3)[C@H]21. The number of fused-ring (bicyclic) bond motifs is 5. The minimum atomic E-state index is -0.849. The molecular weight excluding hydrogens is 464 g/mol. The number of amides is 4. The van der Waals surface area contributed by atoms with E-state index in [4.69, 9.17) is 15.2 Å². The molecule has 0 radical (unpaired) electrons. The highest BCUT2D eigenvalue weighted by molar-refractivity contribution is 6.18. The average molecular weight is 486 g/mol. The molecule has 0 aliphatic carbocycles. The standard InChI is InChI=1S/C26H22N4O6/c1-35-19-12-11-17-21(22(19)36-2)26(34)30-18-6-4-3-5-16(18)25(33)29(24(17)30)13-20(31)28-15-9-7-14(8-10-15)23(27)32/h3-12,24H,13H2,1-2H3,(H2,27,32)(H,28,31)/t24-/m0/s1. The Morgan fingerprint density at radius 3 is 2.33 bits per heavy atom. The van der Waals surface area contributed by atoms with E-state index in [2.05, 4.69) is 5.32 Å². The number of hydrogen-bond acceptors (Lipinski definition) is 6. The molecule has 1 atom stereocenters. The molecule has 0 bridgehead atoms. The second-order valence-electron chi connectivity index (χ2n) is 8.25. The zero-order chi connectivity index (χ0) is 25.6. The van der Waals surface area contributed by atoms with Crippen molar-refractivity contribution in [1.82, 2.24) is 4.90 Å². The van der Waals surface area contributed by atoms with Gasteiger partial charge in [-0.3, -0.25) is 24.1 Å². The zero-order valence-corrected chi connectivity index (χ0v) is 19.5. The van der Waals surface area contributed by atoms with Gasteiger partial charge in [-0.1, -0.05) is 18.2 Å². The maximum atomic E-state index is 13.7. The Morgan fingerprint density at radius 1 is 0.944 bits per heavy atom. The Balaban J connectivity index is 1.53. The summed E-state index contributed by atoms with van der Waals surface area (Å²) >= 11 is 0. The first-order valence-electron chi connectivity index (χ1n) is 11.0. The summed E-state index contributed by atoms with van der Waals surface area (Å²) in [5, 5.41) is 2.72. The Labute approximate surface area is 206 Å². The van der Waals surface area contributed by atoms with E-state index in [1.165, 1.54) is 36.2 Å². The number of rotatable bonds is 6. The van der Waals surface area contributed by atoms with Crippen molar-refractivity contribution in [1.29, 1.82) is 0 Å². The van der Waals surface area contributed by atoms with Gasteiger partial charge >= 0.3 is 0 Å². The van der Waals surface area contributed by atoms with Gasteiger partial charge in [0.05, 0.1) is 31.0 Å². The van der Waals surface area contributed by atoms with Gasteiger partial charge in [0, 0.05) is 16.8 Å². The number of hydrogen-bond donors (Lipinski definition) is 2. The van der Waals surface area contributed by atoms with E-state index in [-0.39, 0.29) is 29.7 Å². The van der Waals surface area contributed by atoms with Crippen molar-refractivity contribution in [3.63, 3.8) is 0 Å². The minimum absolute atomic E-state index is 0.262. The van der Waals surface area contributed by atoms with Gasteiger partial charge in [0.2, 0.25) is 11.8 Å². The molecule has 10 heteroatoms. The molecule has 0 aromatic heterocycles. The Kier molecular flexibility index (Phi) is 5.56. The molecule has 0 unspecified atom stereocenters. The van der Waals surface area contributed by atoms with Crippen LogP contribution in [0.4, 0.5) is 11.4 Å². The van der Waals surface area contributed by atoms with E-state index >= 15 is 0 Å². The monoisotopic (exact) mass is 486 g/mol. The van der Waals surface area contributed by atoms with Crippen LogP contribution in [-0.2, 0) is 4.79 Å². The fourth-order valence-electron chi connectivity index (χ4n) is 4.66. The number of primary amides is 1. The third kappa shape index (κ3) is 3.50. The molecule has 0 saturated carbocycles. The summed E-state index contributed by atoms with van der Waals surface area (Å²) in [7, 11) is 2.92. The van der Waals surface area contributed by atoms with Gasteiger partial charge in [-0.2, -0.15) is 0 Å². The number of ether oxygens (including phenoxy) is 2. The molecule has 4 amide bonds. The molecule has 0 saturated heterocycles. The Bertz CT molecular complexity index is 1420.